The average Bonchev–Trinajstić information content (AvgIpc) is 2.37. The Labute approximate surface area is 110 Å². The van der Waals surface area contributed by atoms with E-state index in [1.165, 1.54) is 0 Å². The minimum Gasteiger partial charge on any atom is -0.395 e. The quantitative estimate of drug-likeness (QED) is 0.602. The molecule has 0 saturated heterocycles. The predicted octanol–water partition coefficient (Wildman–Crippen LogP) is -0.858. The van der Waals surface area contributed by atoms with Crippen LogP contribution in [0.1, 0.15) is 5.69 Å². The molecule has 0 spiro atoms. The Balaban J connectivity index is 2.68. The van der Waals surface area contributed by atoms with Crippen molar-refractivity contribution in [2.75, 3.05) is 31.6 Å². The zero-order valence-corrected chi connectivity index (χ0v) is 10.7. The van der Waals surface area contributed by atoms with Crippen LogP contribution >= 0.6 is 0 Å². The van der Waals surface area contributed by atoms with Crippen LogP contribution in [0.3, 0.4) is 0 Å². The number of carbonyl (C=O) groups excluding carboxylic acids is 2. The van der Waals surface area contributed by atoms with Crippen LogP contribution in [-0.2, 0) is 9.59 Å². The Morgan fingerprint density at radius 2 is 1.89 bits per heavy atom. The molecule has 1 rings (SSSR count). The van der Waals surface area contributed by atoms with Gasteiger partial charge in [0, 0.05) is 18.8 Å². The zero-order valence-electron chi connectivity index (χ0n) is 10.7. The highest BCUT2D eigenvalue weighted by Crippen LogP contribution is 2.04. The smallest absolute Gasteiger partial charge is 0.315 e. The van der Waals surface area contributed by atoms with E-state index in [4.69, 9.17) is 10.2 Å². The number of aliphatic hydroxyl groups excluding tert-OH is 2. The van der Waals surface area contributed by atoms with Crippen LogP contribution in [0, 0.1) is 6.92 Å². The lowest BCUT2D eigenvalue weighted by molar-refractivity contribution is -0.143. The number of rotatable bonds is 5. The zero-order chi connectivity index (χ0) is 14.3. The molecule has 0 aliphatic carbocycles. The van der Waals surface area contributed by atoms with E-state index >= 15 is 0 Å². The molecule has 1 aromatic rings. The van der Waals surface area contributed by atoms with Crippen LogP contribution in [-0.4, -0.2) is 58.2 Å². The van der Waals surface area contributed by atoms with E-state index < -0.39 is 11.8 Å². The van der Waals surface area contributed by atoms with Crippen LogP contribution in [0.25, 0.3) is 0 Å². The van der Waals surface area contributed by atoms with E-state index in [0.717, 1.165) is 4.90 Å². The van der Waals surface area contributed by atoms with Gasteiger partial charge < -0.3 is 20.4 Å². The molecular weight excluding hydrogens is 250 g/mol. The molecule has 1 heterocycles. The van der Waals surface area contributed by atoms with Crippen molar-refractivity contribution in [3.05, 3.63) is 23.9 Å². The van der Waals surface area contributed by atoms with Gasteiger partial charge in [-0.15, -0.1) is 0 Å². The summed E-state index contributed by atoms with van der Waals surface area (Å²) in [5.74, 6) is -1.38. The summed E-state index contributed by atoms with van der Waals surface area (Å²) in [7, 11) is 0. The molecule has 0 atom stereocenters. The average molecular weight is 267 g/mol. The number of nitrogens with zero attached hydrogens (tertiary/aromatic N) is 2. The fraction of sp³-hybridized carbons (Fsp3) is 0.417. The number of hydrogen-bond donors (Lipinski definition) is 3. The molecule has 0 radical (unpaired) electrons. The lowest BCUT2D eigenvalue weighted by Gasteiger charge is -2.19. The van der Waals surface area contributed by atoms with E-state index in [1.54, 1.807) is 25.1 Å². The highest BCUT2D eigenvalue weighted by Gasteiger charge is 2.21. The van der Waals surface area contributed by atoms with Crippen molar-refractivity contribution in [3.63, 3.8) is 0 Å². The van der Waals surface area contributed by atoms with Gasteiger partial charge in [0.25, 0.3) is 0 Å². The summed E-state index contributed by atoms with van der Waals surface area (Å²) in [6.07, 6.45) is 0. The first-order chi connectivity index (χ1) is 9.08. The van der Waals surface area contributed by atoms with Gasteiger partial charge >= 0.3 is 11.8 Å². The number of aromatic nitrogens is 1. The predicted molar refractivity (Wildman–Crippen MR) is 68.4 cm³/mol. The molecule has 7 heteroatoms. The van der Waals surface area contributed by atoms with Gasteiger partial charge in [0.15, 0.2) is 0 Å². The molecule has 0 bridgehead atoms. The molecule has 0 fully saturated rings. The number of pyridine rings is 1. The minimum atomic E-state index is -0.847. The molecular formula is C12H17N3O4. The third-order valence-corrected chi connectivity index (χ3v) is 2.35. The monoisotopic (exact) mass is 267 g/mol. The molecule has 1 aromatic heterocycles. The maximum absolute atomic E-state index is 11.8. The Bertz CT molecular complexity index is 444. The number of aryl methyl sites for hydroxylation is 1. The van der Waals surface area contributed by atoms with Crippen molar-refractivity contribution in [1.82, 2.24) is 9.88 Å². The fourth-order valence-corrected chi connectivity index (χ4v) is 1.48. The molecule has 7 nitrogen and oxygen atoms in total. The van der Waals surface area contributed by atoms with Crippen molar-refractivity contribution in [2.45, 2.75) is 6.92 Å². The summed E-state index contributed by atoms with van der Waals surface area (Å²) in [6.45, 7) is 1.20. The van der Waals surface area contributed by atoms with Crippen LogP contribution in [0.5, 0.6) is 0 Å². The van der Waals surface area contributed by atoms with Gasteiger partial charge in [-0.2, -0.15) is 0 Å². The molecule has 0 aliphatic rings. The van der Waals surface area contributed by atoms with E-state index in [2.05, 4.69) is 10.3 Å². The van der Waals surface area contributed by atoms with Crippen molar-refractivity contribution in [1.29, 1.82) is 0 Å². The summed E-state index contributed by atoms with van der Waals surface area (Å²) >= 11 is 0. The summed E-state index contributed by atoms with van der Waals surface area (Å²) in [6, 6.07) is 5.05. The van der Waals surface area contributed by atoms with Gasteiger partial charge in [-0.3, -0.25) is 9.59 Å². The van der Waals surface area contributed by atoms with E-state index in [0.29, 0.717) is 5.69 Å². The van der Waals surface area contributed by atoms with Crippen LogP contribution in [0.2, 0.25) is 0 Å². The fourth-order valence-electron chi connectivity index (χ4n) is 1.48. The molecule has 0 aliphatic heterocycles. The molecule has 3 N–H and O–H groups in total. The van der Waals surface area contributed by atoms with Gasteiger partial charge in [0.2, 0.25) is 0 Å². The molecule has 0 saturated carbocycles. The van der Waals surface area contributed by atoms with Gasteiger partial charge in [-0.1, -0.05) is 6.07 Å². The third kappa shape index (κ3) is 4.65. The van der Waals surface area contributed by atoms with Crippen LogP contribution in [0.15, 0.2) is 18.2 Å². The molecule has 0 unspecified atom stereocenters. The lowest BCUT2D eigenvalue weighted by atomic mass is 10.3. The largest absolute Gasteiger partial charge is 0.395 e. The number of amides is 2. The maximum Gasteiger partial charge on any atom is 0.315 e. The van der Waals surface area contributed by atoms with Crippen molar-refractivity contribution >= 4 is 17.6 Å². The van der Waals surface area contributed by atoms with Gasteiger partial charge in [-0.25, -0.2) is 4.98 Å². The third-order valence-electron chi connectivity index (χ3n) is 2.35. The second kappa shape index (κ2) is 7.45. The normalized spacial score (nSPS) is 10.1. The molecule has 2 amide bonds. The van der Waals surface area contributed by atoms with Crippen molar-refractivity contribution < 1.29 is 19.8 Å². The summed E-state index contributed by atoms with van der Waals surface area (Å²) in [5.41, 5.74) is 0.716. The second-order valence-corrected chi connectivity index (χ2v) is 3.86. The Morgan fingerprint density at radius 1 is 1.26 bits per heavy atom. The Kier molecular flexibility index (Phi) is 5.91. The van der Waals surface area contributed by atoms with E-state index in [-0.39, 0.29) is 32.1 Å². The topological polar surface area (TPSA) is 103 Å². The van der Waals surface area contributed by atoms with E-state index in [9.17, 15) is 9.59 Å². The molecule has 104 valence electrons. The highest BCUT2D eigenvalue weighted by atomic mass is 16.3. The summed E-state index contributed by atoms with van der Waals surface area (Å²) in [4.78, 5) is 28.6. The van der Waals surface area contributed by atoms with Crippen molar-refractivity contribution in [2.24, 2.45) is 0 Å². The first kappa shape index (κ1) is 15.1. The second-order valence-electron chi connectivity index (χ2n) is 3.86. The van der Waals surface area contributed by atoms with Gasteiger partial charge in [0.1, 0.15) is 5.82 Å². The summed E-state index contributed by atoms with van der Waals surface area (Å²) in [5, 5.41) is 20.0. The number of aliphatic hydroxyl groups is 2. The minimum absolute atomic E-state index is 0.00589. The first-order valence-corrected chi connectivity index (χ1v) is 5.84. The Hall–Kier alpha value is -1.99. The van der Waals surface area contributed by atoms with Crippen LogP contribution < -0.4 is 5.32 Å². The molecule has 19 heavy (non-hydrogen) atoms. The summed E-state index contributed by atoms with van der Waals surface area (Å²) < 4.78 is 0. The number of hydrogen-bond acceptors (Lipinski definition) is 5. The Morgan fingerprint density at radius 3 is 2.42 bits per heavy atom. The van der Waals surface area contributed by atoms with Crippen molar-refractivity contribution in [3.8, 4) is 0 Å². The number of anilines is 1. The SMILES string of the molecule is Cc1cccc(NC(=O)C(=O)N(CCO)CCO)n1. The standard InChI is InChI=1S/C12H17N3O4/c1-9-3-2-4-10(13-9)14-11(18)12(19)15(5-7-16)6-8-17/h2-4,16-17H,5-8H2,1H3,(H,13,14,18). The van der Waals surface area contributed by atoms with E-state index in [1.807, 2.05) is 0 Å². The van der Waals surface area contributed by atoms with Gasteiger partial charge in [0.05, 0.1) is 13.2 Å². The van der Waals surface area contributed by atoms with Gasteiger partial charge in [-0.05, 0) is 19.1 Å². The number of nitrogens with one attached hydrogen (secondary N) is 1. The highest BCUT2D eigenvalue weighted by molar-refractivity contribution is 6.39. The first-order valence-electron chi connectivity index (χ1n) is 5.84. The lowest BCUT2D eigenvalue weighted by Crippen LogP contribution is -2.42. The number of carbonyl (C=O) groups is 2. The maximum atomic E-state index is 11.8. The molecule has 0 aromatic carbocycles. The van der Waals surface area contributed by atoms with Crippen LogP contribution in [0.4, 0.5) is 5.82 Å².